The van der Waals surface area contributed by atoms with Gasteiger partial charge in [0.15, 0.2) is 0 Å². The first-order valence-electron chi connectivity index (χ1n) is 9.41. The van der Waals surface area contributed by atoms with Crippen LogP contribution in [0.1, 0.15) is 46.0 Å². The fraction of sp³-hybridized carbons (Fsp3) is 0.944. The van der Waals surface area contributed by atoms with Crippen molar-refractivity contribution in [3.05, 3.63) is 0 Å². The van der Waals surface area contributed by atoms with E-state index >= 15 is 0 Å². The highest BCUT2D eigenvalue weighted by atomic mass is 16.5. The Bertz CT molecular complexity index is 395. The molecule has 0 aromatic carbocycles. The second-order valence-electron chi connectivity index (χ2n) is 7.99. The molecule has 5 heteroatoms. The molecule has 2 heterocycles. The van der Waals surface area contributed by atoms with E-state index in [1.165, 1.54) is 12.8 Å². The van der Waals surface area contributed by atoms with Crippen LogP contribution in [0.4, 0.5) is 0 Å². The minimum absolute atomic E-state index is 0.0330. The third kappa shape index (κ3) is 4.91. The van der Waals surface area contributed by atoms with Gasteiger partial charge in [-0.15, -0.1) is 0 Å². The average Bonchev–Trinajstić information content (AvgIpc) is 3.32. The Labute approximate surface area is 140 Å². The molecule has 2 aliphatic heterocycles. The van der Waals surface area contributed by atoms with E-state index in [1.54, 1.807) is 0 Å². The van der Waals surface area contributed by atoms with Crippen LogP contribution >= 0.6 is 0 Å². The van der Waals surface area contributed by atoms with Gasteiger partial charge in [0.2, 0.25) is 5.91 Å². The summed E-state index contributed by atoms with van der Waals surface area (Å²) in [5, 5.41) is 3.46. The van der Waals surface area contributed by atoms with Gasteiger partial charge < -0.3 is 15.0 Å². The zero-order valence-corrected chi connectivity index (χ0v) is 14.9. The van der Waals surface area contributed by atoms with Gasteiger partial charge in [-0.2, -0.15) is 0 Å². The number of morpholine rings is 1. The minimum Gasteiger partial charge on any atom is -0.379 e. The number of hydrogen-bond donors (Lipinski definition) is 1. The maximum atomic E-state index is 12.5. The highest BCUT2D eigenvalue weighted by Gasteiger charge is 2.39. The van der Waals surface area contributed by atoms with Crippen LogP contribution in [-0.4, -0.2) is 73.2 Å². The van der Waals surface area contributed by atoms with Crippen LogP contribution in [0, 0.1) is 5.92 Å². The first kappa shape index (κ1) is 17.2. The molecule has 132 valence electrons. The largest absolute Gasteiger partial charge is 0.379 e. The summed E-state index contributed by atoms with van der Waals surface area (Å²) in [7, 11) is 0. The number of ether oxygens (including phenoxy) is 1. The van der Waals surface area contributed by atoms with Gasteiger partial charge in [0.25, 0.3) is 0 Å². The molecule has 0 spiro atoms. The summed E-state index contributed by atoms with van der Waals surface area (Å²) in [5.41, 5.74) is -0.0330. The van der Waals surface area contributed by atoms with Gasteiger partial charge in [-0.05, 0) is 45.4 Å². The molecule has 0 radical (unpaired) electrons. The molecule has 0 atom stereocenters. The second kappa shape index (κ2) is 7.49. The Balaban J connectivity index is 1.60. The van der Waals surface area contributed by atoms with E-state index in [9.17, 15) is 4.79 Å². The zero-order valence-electron chi connectivity index (χ0n) is 14.9. The quantitative estimate of drug-likeness (QED) is 0.804. The number of likely N-dealkylation sites (tertiary alicyclic amines) is 1. The minimum atomic E-state index is -0.0330. The first-order chi connectivity index (χ1) is 11.1. The van der Waals surface area contributed by atoms with E-state index in [-0.39, 0.29) is 11.4 Å². The summed E-state index contributed by atoms with van der Waals surface area (Å²) < 4.78 is 5.48. The third-order valence-electron chi connectivity index (χ3n) is 5.69. The molecular formula is C18H33N3O2. The lowest BCUT2D eigenvalue weighted by Gasteiger charge is -2.46. The Kier molecular flexibility index (Phi) is 5.60. The SMILES string of the molecule is CC(C)N1CCC(CN2CCOCC2)(NC(=O)CC2CC2)CC1. The van der Waals surface area contributed by atoms with Gasteiger partial charge in [0.1, 0.15) is 0 Å². The predicted octanol–water partition coefficient (Wildman–Crippen LogP) is 1.48. The molecule has 0 unspecified atom stereocenters. The molecule has 23 heavy (non-hydrogen) atoms. The normalized spacial score (nSPS) is 26.4. The average molecular weight is 323 g/mol. The van der Waals surface area contributed by atoms with Crippen LogP contribution in [0.25, 0.3) is 0 Å². The number of amides is 1. The molecular weight excluding hydrogens is 290 g/mol. The van der Waals surface area contributed by atoms with E-state index in [1.807, 2.05) is 0 Å². The molecule has 0 bridgehead atoms. The zero-order chi connectivity index (χ0) is 16.3. The van der Waals surface area contributed by atoms with Crippen molar-refractivity contribution in [1.29, 1.82) is 0 Å². The predicted molar refractivity (Wildman–Crippen MR) is 91.4 cm³/mol. The van der Waals surface area contributed by atoms with Crippen molar-refractivity contribution in [2.75, 3.05) is 45.9 Å². The van der Waals surface area contributed by atoms with Gasteiger partial charge in [0, 0.05) is 45.2 Å². The molecule has 3 fully saturated rings. The van der Waals surface area contributed by atoms with Crippen LogP contribution in [0.5, 0.6) is 0 Å². The van der Waals surface area contributed by atoms with E-state index in [0.717, 1.165) is 65.2 Å². The molecule has 3 rings (SSSR count). The number of nitrogens with one attached hydrogen (secondary N) is 1. The highest BCUT2D eigenvalue weighted by molar-refractivity contribution is 5.77. The molecule has 1 aliphatic carbocycles. The molecule has 1 N–H and O–H groups in total. The standard InChI is InChI=1S/C18H33N3O2/c1-15(2)21-7-5-18(6-8-21,14-20-9-11-23-12-10-20)19-17(22)13-16-3-4-16/h15-16H,3-14H2,1-2H3,(H,19,22). The third-order valence-corrected chi connectivity index (χ3v) is 5.69. The lowest BCUT2D eigenvalue weighted by Crippen LogP contribution is -2.62. The van der Waals surface area contributed by atoms with Crippen molar-refractivity contribution in [3.8, 4) is 0 Å². The van der Waals surface area contributed by atoms with Crippen molar-refractivity contribution in [1.82, 2.24) is 15.1 Å². The maximum absolute atomic E-state index is 12.5. The first-order valence-corrected chi connectivity index (χ1v) is 9.41. The Hall–Kier alpha value is -0.650. The van der Waals surface area contributed by atoms with Gasteiger partial charge >= 0.3 is 0 Å². The second-order valence-corrected chi connectivity index (χ2v) is 7.99. The fourth-order valence-corrected chi connectivity index (χ4v) is 3.91. The molecule has 0 aromatic heterocycles. The molecule has 3 aliphatic rings. The van der Waals surface area contributed by atoms with E-state index < -0.39 is 0 Å². The van der Waals surface area contributed by atoms with E-state index in [0.29, 0.717) is 12.0 Å². The van der Waals surface area contributed by atoms with Crippen molar-refractivity contribution >= 4 is 5.91 Å². The van der Waals surface area contributed by atoms with E-state index in [4.69, 9.17) is 4.74 Å². The van der Waals surface area contributed by atoms with Crippen molar-refractivity contribution in [2.45, 2.75) is 57.5 Å². The van der Waals surface area contributed by atoms with E-state index in [2.05, 4.69) is 29.0 Å². The number of piperidine rings is 1. The number of carbonyl (C=O) groups is 1. The summed E-state index contributed by atoms with van der Waals surface area (Å²) in [4.78, 5) is 17.5. The summed E-state index contributed by atoms with van der Waals surface area (Å²) in [6, 6.07) is 0.596. The molecule has 0 aromatic rings. The smallest absolute Gasteiger partial charge is 0.220 e. The number of carbonyl (C=O) groups excluding carboxylic acids is 1. The number of nitrogens with zero attached hydrogens (tertiary/aromatic N) is 2. The molecule has 2 saturated heterocycles. The van der Waals surface area contributed by atoms with Crippen LogP contribution in [0.3, 0.4) is 0 Å². The summed E-state index contributed by atoms with van der Waals surface area (Å²) in [6.45, 7) is 11.3. The van der Waals surface area contributed by atoms with Gasteiger partial charge in [-0.25, -0.2) is 0 Å². The molecule has 5 nitrogen and oxygen atoms in total. The summed E-state index contributed by atoms with van der Waals surface area (Å²) >= 11 is 0. The van der Waals surface area contributed by atoms with Gasteiger partial charge in [0.05, 0.1) is 18.8 Å². The number of hydrogen-bond acceptors (Lipinski definition) is 4. The Morgan fingerprint density at radius 3 is 2.39 bits per heavy atom. The topological polar surface area (TPSA) is 44.8 Å². The van der Waals surface area contributed by atoms with Crippen LogP contribution < -0.4 is 5.32 Å². The summed E-state index contributed by atoms with van der Waals surface area (Å²) in [6.07, 6.45) is 5.35. The lowest BCUT2D eigenvalue weighted by molar-refractivity contribution is -0.124. The monoisotopic (exact) mass is 323 g/mol. The molecule has 1 amide bonds. The van der Waals surface area contributed by atoms with Crippen molar-refractivity contribution in [3.63, 3.8) is 0 Å². The summed E-state index contributed by atoms with van der Waals surface area (Å²) in [5.74, 6) is 0.935. The van der Waals surface area contributed by atoms with Crippen LogP contribution in [0.2, 0.25) is 0 Å². The van der Waals surface area contributed by atoms with Crippen molar-refractivity contribution < 1.29 is 9.53 Å². The van der Waals surface area contributed by atoms with Gasteiger partial charge in [-0.1, -0.05) is 0 Å². The lowest BCUT2D eigenvalue weighted by atomic mass is 9.85. The van der Waals surface area contributed by atoms with Crippen LogP contribution in [-0.2, 0) is 9.53 Å². The highest BCUT2D eigenvalue weighted by Crippen LogP contribution is 2.33. The van der Waals surface area contributed by atoms with Gasteiger partial charge in [-0.3, -0.25) is 9.69 Å². The van der Waals surface area contributed by atoms with Crippen LogP contribution in [0.15, 0.2) is 0 Å². The fourth-order valence-electron chi connectivity index (χ4n) is 3.91. The molecule has 1 saturated carbocycles. The Morgan fingerprint density at radius 2 is 1.83 bits per heavy atom. The number of rotatable bonds is 6. The van der Waals surface area contributed by atoms with Crippen molar-refractivity contribution in [2.24, 2.45) is 5.92 Å². The Morgan fingerprint density at radius 1 is 1.17 bits per heavy atom. The maximum Gasteiger partial charge on any atom is 0.220 e.